The summed E-state index contributed by atoms with van der Waals surface area (Å²) in [6.45, 7) is 0. The molecule has 3 N–H and O–H groups in total. The number of anilines is 1. The van der Waals surface area contributed by atoms with Crippen LogP contribution in [-0.4, -0.2) is 21.3 Å². The van der Waals surface area contributed by atoms with Gasteiger partial charge in [-0.1, -0.05) is 23.2 Å². The summed E-state index contributed by atoms with van der Waals surface area (Å²) in [5, 5.41) is 13.3. The first-order valence-corrected chi connectivity index (χ1v) is 4.78. The van der Waals surface area contributed by atoms with Crippen LogP contribution in [0.5, 0.6) is 0 Å². The van der Waals surface area contributed by atoms with E-state index in [0.717, 1.165) is 0 Å². The molecule has 1 rings (SSSR count). The molecule has 0 atom stereocenters. The average Bonchev–Trinajstić information content (AvgIpc) is 1.98. The number of nitrogens with zero attached hydrogens (tertiary/aromatic N) is 1. The van der Waals surface area contributed by atoms with E-state index in [9.17, 15) is 4.79 Å². The van der Waals surface area contributed by atoms with Crippen LogP contribution in [0.25, 0.3) is 0 Å². The van der Waals surface area contributed by atoms with Crippen molar-refractivity contribution < 1.29 is 9.90 Å². The SMILES string of the molecule is O=C(O)NC(=S)Nc1cc(Cl)cc(Cl)n1. The summed E-state index contributed by atoms with van der Waals surface area (Å²) in [5.41, 5.74) is 0. The molecule has 0 saturated heterocycles. The van der Waals surface area contributed by atoms with E-state index in [1.165, 1.54) is 12.1 Å². The second-order valence-electron chi connectivity index (χ2n) is 2.38. The van der Waals surface area contributed by atoms with E-state index in [0.29, 0.717) is 5.02 Å². The van der Waals surface area contributed by atoms with Gasteiger partial charge < -0.3 is 10.4 Å². The lowest BCUT2D eigenvalue weighted by Gasteiger charge is -2.06. The van der Waals surface area contributed by atoms with Crippen molar-refractivity contribution in [3.63, 3.8) is 0 Å². The van der Waals surface area contributed by atoms with Gasteiger partial charge in [0.2, 0.25) is 0 Å². The van der Waals surface area contributed by atoms with Crippen LogP contribution in [0.2, 0.25) is 10.2 Å². The first-order chi connectivity index (χ1) is 6.97. The molecule has 1 amide bonds. The van der Waals surface area contributed by atoms with E-state index in [4.69, 9.17) is 28.3 Å². The standard InChI is InChI=1S/C7H5Cl2N3O2S/c8-3-1-4(9)10-5(2-3)11-6(15)12-7(13)14/h1-2H,(H,13,14)(H2,10,11,12,15). The van der Waals surface area contributed by atoms with Crippen LogP contribution in [0.15, 0.2) is 12.1 Å². The fourth-order valence-corrected chi connectivity index (χ4v) is 1.44. The Hall–Kier alpha value is -1.11. The predicted octanol–water partition coefficient (Wildman–Crippen LogP) is 2.35. The zero-order valence-electron chi connectivity index (χ0n) is 7.12. The van der Waals surface area contributed by atoms with Crippen molar-refractivity contribution in [1.82, 2.24) is 10.3 Å². The second-order valence-corrected chi connectivity index (χ2v) is 3.61. The Morgan fingerprint density at radius 3 is 2.67 bits per heavy atom. The highest BCUT2D eigenvalue weighted by atomic mass is 35.5. The molecule has 1 heterocycles. The van der Waals surface area contributed by atoms with E-state index in [1.54, 1.807) is 0 Å². The van der Waals surface area contributed by atoms with Gasteiger partial charge in [0.1, 0.15) is 11.0 Å². The van der Waals surface area contributed by atoms with Crippen molar-refractivity contribution in [2.75, 3.05) is 5.32 Å². The zero-order valence-corrected chi connectivity index (χ0v) is 9.45. The van der Waals surface area contributed by atoms with Gasteiger partial charge in [0.25, 0.3) is 0 Å². The molecule has 1 aromatic rings. The quantitative estimate of drug-likeness (QED) is 0.537. The highest BCUT2D eigenvalue weighted by Crippen LogP contribution is 2.18. The van der Waals surface area contributed by atoms with Gasteiger partial charge in [-0.25, -0.2) is 9.78 Å². The molecule has 1 aromatic heterocycles. The summed E-state index contributed by atoms with van der Waals surface area (Å²) in [5.74, 6) is 0.270. The second kappa shape index (κ2) is 5.11. The molecule has 8 heteroatoms. The van der Waals surface area contributed by atoms with E-state index in [1.807, 2.05) is 5.32 Å². The largest absolute Gasteiger partial charge is 0.465 e. The van der Waals surface area contributed by atoms with Crippen LogP contribution in [-0.2, 0) is 0 Å². The van der Waals surface area contributed by atoms with Crippen molar-refractivity contribution in [2.45, 2.75) is 0 Å². The van der Waals surface area contributed by atoms with Crippen LogP contribution < -0.4 is 10.6 Å². The molecular formula is C7H5Cl2N3O2S. The smallest absolute Gasteiger partial charge is 0.410 e. The molecule has 0 unspecified atom stereocenters. The van der Waals surface area contributed by atoms with E-state index >= 15 is 0 Å². The highest BCUT2D eigenvalue weighted by Gasteiger charge is 2.04. The van der Waals surface area contributed by atoms with Crippen molar-refractivity contribution in [2.24, 2.45) is 0 Å². The number of hydrogen-bond donors (Lipinski definition) is 3. The molecule has 0 aromatic carbocycles. The first-order valence-electron chi connectivity index (χ1n) is 3.61. The number of thiocarbonyl (C=S) groups is 1. The van der Waals surface area contributed by atoms with Gasteiger partial charge in [0.15, 0.2) is 5.11 Å². The zero-order chi connectivity index (χ0) is 11.4. The Labute approximate surface area is 100 Å². The van der Waals surface area contributed by atoms with Gasteiger partial charge in [-0.2, -0.15) is 0 Å². The number of rotatable bonds is 1. The number of hydrogen-bond acceptors (Lipinski definition) is 3. The lowest BCUT2D eigenvalue weighted by Crippen LogP contribution is -2.32. The van der Waals surface area contributed by atoms with Crippen LogP contribution in [0, 0.1) is 0 Å². The van der Waals surface area contributed by atoms with Crippen LogP contribution in [0.3, 0.4) is 0 Å². The third kappa shape index (κ3) is 4.28. The van der Waals surface area contributed by atoms with Crippen LogP contribution in [0.4, 0.5) is 10.6 Å². The third-order valence-electron chi connectivity index (χ3n) is 1.22. The van der Waals surface area contributed by atoms with E-state index < -0.39 is 6.09 Å². The monoisotopic (exact) mass is 265 g/mol. The van der Waals surface area contributed by atoms with Crippen LogP contribution in [0.1, 0.15) is 0 Å². The number of nitrogens with one attached hydrogen (secondary N) is 2. The molecule has 0 aliphatic rings. The summed E-state index contributed by atoms with van der Waals surface area (Å²) in [6, 6.07) is 2.91. The lowest BCUT2D eigenvalue weighted by atomic mass is 10.4. The maximum absolute atomic E-state index is 10.2. The summed E-state index contributed by atoms with van der Waals surface area (Å²) >= 11 is 16.0. The maximum atomic E-state index is 10.2. The molecule has 0 saturated carbocycles. The van der Waals surface area contributed by atoms with Gasteiger partial charge in [-0.3, -0.25) is 5.32 Å². The number of carboxylic acid groups (broad SMARTS) is 1. The molecular weight excluding hydrogens is 261 g/mol. The van der Waals surface area contributed by atoms with Crippen molar-refractivity contribution in [1.29, 1.82) is 0 Å². The van der Waals surface area contributed by atoms with E-state index in [-0.39, 0.29) is 16.1 Å². The normalized spacial score (nSPS) is 9.47. The Balaban J connectivity index is 2.72. The molecule has 5 nitrogen and oxygen atoms in total. The molecule has 0 bridgehead atoms. The molecule has 0 fully saturated rings. The summed E-state index contributed by atoms with van der Waals surface area (Å²) < 4.78 is 0. The number of carbonyl (C=O) groups is 1. The molecule has 0 radical (unpaired) electrons. The van der Waals surface area contributed by atoms with Gasteiger partial charge in [-0.15, -0.1) is 0 Å². The van der Waals surface area contributed by atoms with Crippen molar-refractivity contribution >= 4 is 52.4 Å². The Morgan fingerprint density at radius 1 is 1.47 bits per heavy atom. The average molecular weight is 266 g/mol. The Kier molecular flexibility index (Phi) is 4.07. The van der Waals surface area contributed by atoms with Crippen LogP contribution >= 0.6 is 35.4 Å². The summed E-state index contributed by atoms with van der Waals surface area (Å²) in [7, 11) is 0. The fraction of sp³-hybridized carbons (Fsp3) is 0. The van der Waals surface area contributed by atoms with E-state index in [2.05, 4.69) is 22.5 Å². The summed E-state index contributed by atoms with van der Waals surface area (Å²) in [6.07, 6.45) is -1.26. The number of halogens is 2. The lowest BCUT2D eigenvalue weighted by molar-refractivity contribution is 0.200. The minimum Gasteiger partial charge on any atom is -0.465 e. The van der Waals surface area contributed by atoms with Gasteiger partial charge in [0.05, 0.1) is 0 Å². The third-order valence-corrected chi connectivity index (χ3v) is 1.84. The highest BCUT2D eigenvalue weighted by molar-refractivity contribution is 7.80. The molecule has 0 aliphatic heterocycles. The minimum absolute atomic E-state index is 0.103. The van der Waals surface area contributed by atoms with Gasteiger partial charge in [0, 0.05) is 5.02 Å². The van der Waals surface area contributed by atoms with Crippen molar-refractivity contribution in [3.8, 4) is 0 Å². The molecule has 15 heavy (non-hydrogen) atoms. The Morgan fingerprint density at radius 2 is 2.13 bits per heavy atom. The minimum atomic E-state index is -1.26. The number of amides is 1. The first kappa shape index (κ1) is 12.0. The van der Waals surface area contributed by atoms with Crippen molar-refractivity contribution in [3.05, 3.63) is 22.3 Å². The van der Waals surface area contributed by atoms with Gasteiger partial charge >= 0.3 is 6.09 Å². The molecule has 80 valence electrons. The maximum Gasteiger partial charge on any atom is 0.410 e. The fourth-order valence-electron chi connectivity index (χ4n) is 0.774. The van der Waals surface area contributed by atoms with Gasteiger partial charge in [-0.05, 0) is 24.4 Å². The molecule has 0 aliphatic carbocycles. The molecule has 0 spiro atoms. The Bertz CT molecular complexity index is 393. The topological polar surface area (TPSA) is 74.2 Å². The summed E-state index contributed by atoms with van der Waals surface area (Å²) in [4.78, 5) is 14.1. The number of pyridine rings is 1. The number of aromatic nitrogens is 1. The predicted molar refractivity (Wildman–Crippen MR) is 61.6 cm³/mol.